The molecule has 0 fully saturated rings. The van der Waals surface area contributed by atoms with Crippen LogP contribution in [0.4, 0.5) is 5.69 Å². The van der Waals surface area contributed by atoms with Crippen LogP contribution >= 0.6 is 11.6 Å². The number of nitrogens with zero attached hydrogens (tertiary/aromatic N) is 2. The number of halogens is 1. The number of anilines is 1. The van der Waals surface area contributed by atoms with Gasteiger partial charge >= 0.3 is 0 Å². The zero-order chi connectivity index (χ0) is 11.4. The molecule has 0 bridgehead atoms. The van der Waals surface area contributed by atoms with Crippen LogP contribution < -0.4 is 5.32 Å². The van der Waals surface area contributed by atoms with Crippen LogP contribution in [0.5, 0.6) is 0 Å². The molecule has 4 nitrogen and oxygen atoms in total. The molecule has 0 aliphatic carbocycles. The van der Waals surface area contributed by atoms with Crippen molar-refractivity contribution in [3.8, 4) is 0 Å². The van der Waals surface area contributed by atoms with Crippen LogP contribution in [-0.4, -0.2) is 24.5 Å². The van der Waals surface area contributed by atoms with Gasteiger partial charge in [0.15, 0.2) is 0 Å². The molecule has 0 unspecified atom stereocenters. The molecule has 0 radical (unpaired) electrons. The van der Waals surface area contributed by atoms with Crippen LogP contribution in [-0.2, 0) is 4.79 Å². The van der Waals surface area contributed by atoms with Gasteiger partial charge in [0, 0.05) is 16.9 Å². The van der Waals surface area contributed by atoms with Gasteiger partial charge in [-0.2, -0.15) is 0 Å². The Morgan fingerprint density at radius 2 is 2.12 bits per heavy atom. The topological polar surface area (TPSA) is 53.8 Å². The summed E-state index contributed by atoms with van der Waals surface area (Å²) < 4.78 is 0. The first-order valence-electron chi connectivity index (χ1n) is 4.84. The van der Waals surface area contributed by atoms with E-state index in [1.807, 2.05) is 0 Å². The third-order valence-corrected chi connectivity index (χ3v) is 2.36. The third-order valence-electron chi connectivity index (χ3n) is 2.11. The minimum absolute atomic E-state index is 0.0853. The van der Waals surface area contributed by atoms with Gasteiger partial charge in [0.2, 0.25) is 5.91 Å². The average molecular weight is 236 g/mol. The third kappa shape index (κ3) is 2.90. The minimum Gasteiger partial charge on any atom is -0.326 e. The van der Waals surface area contributed by atoms with Crippen LogP contribution in [0, 0.1) is 0 Å². The van der Waals surface area contributed by atoms with Crippen molar-refractivity contribution < 1.29 is 4.79 Å². The lowest BCUT2D eigenvalue weighted by molar-refractivity contribution is -0.116. The van der Waals surface area contributed by atoms with Gasteiger partial charge in [0.25, 0.3) is 0 Å². The molecular formula is C11H10ClN3O. The molecule has 1 heterocycles. The molecule has 1 aromatic carbocycles. The Hall–Kier alpha value is -1.68. The highest BCUT2D eigenvalue weighted by molar-refractivity contribution is 6.30. The van der Waals surface area contributed by atoms with Crippen LogP contribution in [0.1, 0.15) is 6.42 Å². The summed E-state index contributed by atoms with van der Waals surface area (Å²) in [5, 5.41) is 3.41. The van der Waals surface area contributed by atoms with Crippen molar-refractivity contribution in [2.24, 2.45) is 9.98 Å². The van der Waals surface area contributed by atoms with Gasteiger partial charge in [0.1, 0.15) is 6.34 Å². The molecule has 1 amide bonds. The number of carbonyl (C=O) groups is 1. The van der Waals surface area contributed by atoms with Crippen molar-refractivity contribution >= 4 is 35.7 Å². The molecule has 0 saturated carbocycles. The normalized spacial score (nSPS) is 17.7. The summed E-state index contributed by atoms with van der Waals surface area (Å²) in [5.41, 5.74) is 0.730. The first-order valence-corrected chi connectivity index (χ1v) is 5.22. The maximum Gasteiger partial charge on any atom is 0.226 e. The number of benzene rings is 1. The van der Waals surface area contributed by atoms with Crippen molar-refractivity contribution in [3.63, 3.8) is 0 Å². The second-order valence-corrected chi connectivity index (χ2v) is 3.83. The first-order chi connectivity index (χ1) is 7.74. The Balaban J connectivity index is 1.89. The van der Waals surface area contributed by atoms with E-state index in [1.54, 1.807) is 30.5 Å². The lowest BCUT2D eigenvalue weighted by Crippen LogP contribution is -2.18. The Morgan fingerprint density at radius 1 is 1.38 bits per heavy atom. The molecule has 1 aliphatic heterocycles. The largest absolute Gasteiger partial charge is 0.326 e. The number of aliphatic imine (C=N–C) groups is 2. The summed E-state index contributed by atoms with van der Waals surface area (Å²) in [5.74, 6) is -0.0853. The fourth-order valence-corrected chi connectivity index (χ4v) is 1.47. The predicted octanol–water partition coefficient (Wildman–Crippen LogP) is 2.15. The molecule has 1 N–H and O–H groups in total. The van der Waals surface area contributed by atoms with E-state index in [-0.39, 0.29) is 11.9 Å². The first kappa shape index (κ1) is 10.8. The SMILES string of the molecule is O=C(C[C@H]1C=NC=N1)Nc1ccc(Cl)cc1. The van der Waals surface area contributed by atoms with Gasteiger partial charge in [-0.25, -0.2) is 4.99 Å². The summed E-state index contributed by atoms with van der Waals surface area (Å²) in [6, 6.07) is 6.84. The van der Waals surface area contributed by atoms with E-state index in [0.29, 0.717) is 11.4 Å². The number of hydrogen-bond donors (Lipinski definition) is 1. The molecule has 1 atom stereocenters. The van der Waals surface area contributed by atoms with Crippen LogP contribution in [0.3, 0.4) is 0 Å². The number of hydrogen-bond acceptors (Lipinski definition) is 3. The van der Waals surface area contributed by atoms with Crippen molar-refractivity contribution in [2.75, 3.05) is 5.32 Å². The Kier molecular flexibility index (Phi) is 3.31. The van der Waals surface area contributed by atoms with E-state index in [9.17, 15) is 4.79 Å². The van der Waals surface area contributed by atoms with E-state index in [2.05, 4.69) is 15.3 Å². The van der Waals surface area contributed by atoms with Gasteiger partial charge in [-0.1, -0.05) is 11.6 Å². The highest BCUT2D eigenvalue weighted by Crippen LogP contribution is 2.14. The number of amides is 1. The monoisotopic (exact) mass is 235 g/mol. The molecule has 5 heteroatoms. The summed E-state index contributed by atoms with van der Waals surface area (Å²) >= 11 is 5.74. The highest BCUT2D eigenvalue weighted by atomic mass is 35.5. The molecule has 82 valence electrons. The Bertz CT molecular complexity index is 427. The summed E-state index contributed by atoms with van der Waals surface area (Å²) in [6.07, 6.45) is 3.42. The zero-order valence-electron chi connectivity index (χ0n) is 8.43. The summed E-state index contributed by atoms with van der Waals surface area (Å²) in [7, 11) is 0. The maximum absolute atomic E-state index is 11.6. The standard InChI is InChI=1S/C11H10ClN3O/c12-8-1-3-9(4-2-8)15-11(16)5-10-6-13-7-14-10/h1-4,6-7,10H,5H2,(H,15,16)/t10-/m0/s1. The van der Waals surface area contributed by atoms with Crippen molar-refractivity contribution in [1.82, 2.24) is 0 Å². The van der Waals surface area contributed by atoms with Gasteiger partial charge < -0.3 is 5.32 Å². The maximum atomic E-state index is 11.6. The fraction of sp³-hybridized carbons (Fsp3) is 0.182. The van der Waals surface area contributed by atoms with Crippen LogP contribution in [0.2, 0.25) is 5.02 Å². The molecular weight excluding hydrogens is 226 g/mol. The lowest BCUT2D eigenvalue weighted by Gasteiger charge is -2.06. The number of nitrogens with one attached hydrogen (secondary N) is 1. The van der Waals surface area contributed by atoms with Crippen molar-refractivity contribution in [3.05, 3.63) is 29.3 Å². The fourth-order valence-electron chi connectivity index (χ4n) is 1.34. The van der Waals surface area contributed by atoms with Gasteiger partial charge in [-0.05, 0) is 24.3 Å². The molecule has 0 spiro atoms. The second-order valence-electron chi connectivity index (χ2n) is 3.39. The predicted molar refractivity (Wildman–Crippen MR) is 65.5 cm³/mol. The minimum atomic E-state index is -0.132. The van der Waals surface area contributed by atoms with Crippen LogP contribution in [0.25, 0.3) is 0 Å². The Morgan fingerprint density at radius 3 is 2.75 bits per heavy atom. The molecule has 0 aromatic heterocycles. The molecule has 2 rings (SSSR count). The average Bonchev–Trinajstić information content (AvgIpc) is 2.74. The van der Waals surface area contributed by atoms with Crippen molar-refractivity contribution in [1.29, 1.82) is 0 Å². The van der Waals surface area contributed by atoms with E-state index in [0.717, 1.165) is 5.69 Å². The van der Waals surface area contributed by atoms with E-state index < -0.39 is 0 Å². The lowest BCUT2D eigenvalue weighted by atomic mass is 10.2. The Labute approximate surface area is 98.1 Å². The molecule has 1 aliphatic rings. The van der Waals surface area contributed by atoms with E-state index >= 15 is 0 Å². The molecule has 0 saturated heterocycles. The highest BCUT2D eigenvalue weighted by Gasteiger charge is 2.12. The van der Waals surface area contributed by atoms with Gasteiger partial charge in [-0.15, -0.1) is 0 Å². The summed E-state index contributed by atoms with van der Waals surface area (Å²) in [6.45, 7) is 0. The van der Waals surface area contributed by atoms with Crippen LogP contribution in [0.15, 0.2) is 34.3 Å². The molecule has 1 aromatic rings. The number of carbonyl (C=O) groups excluding carboxylic acids is 1. The summed E-state index contributed by atoms with van der Waals surface area (Å²) in [4.78, 5) is 19.4. The molecule has 16 heavy (non-hydrogen) atoms. The number of rotatable bonds is 3. The zero-order valence-corrected chi connectivity index (χ0v) is 9.19. The van der Waals surface area contributed by atoms with Gasteiger partial charge in [0.05, 0.1) is 12.5 Å². The van der Waals surface area contributed by atoms with E-state index in [1.165, 1.54) is 6.34 Å². The van der Waals surface area contributed by atoms with Crippen molar-refractivity contribution in [2.45, 2.75) is 12.5 Å². The smallest absolute Gasteiger partial charge is 0.226 e. The quantitative estimate of drug-likeness (QED) is 0.858. The second kappa shape index (κ2) is 4.90. The van der Waals surface area contributed by atoms with Gasteiger partial charge in [-0.3, -0.25) is 9.79 Å². The van der Waals surface area contributed by atoms with E-state index in [4.69, 9.17) is 11.6 Å².